The van der Waals surface area contributed by atoms with Gasteiger partial charge in [-0.15, -0.1) is 0 Å². The van der Waals surface area contributed by atoms with Gasteiger partial charge < -0.3 is 25.2 Å². The van der Waals surface area contributed by atoms with Gasteiger partial charge in [-0.05, 0) is 17.4 Å². The van der Waals surface area contributed by atoms with Crippen LogP contribution in [0.1, 0.15) is 20.3 Å². The van der Waals surface area contributed by atoms with E-state index in [9.17, 15) is 24.3 Å². The summed E-state index contributed by atoms with van der Waals surface area (Å²) in [7, 11) is 0. The fourth-order valence-corrected chi connectivity index (χ4v) is 3.99. The van der Waals surface area contributed by atoms with E-state index in [-0.39, 0.29) is 18.4 Å². The molecule has 13 heteroatoms. The van der Waals surface area contributed by atoms with Crippen molar-refractivity contribution in [3.63, 3.8) is 0 Å². The second kappa shape index (κ2) is 12.7. The fraction of sp³-hybridized carbons (Fsp3) is 0.296. The van der Waals surface area contributed by atoms with E-state index < -0.39 is 48.7 Å². The number of hydrogen-bond acceptors (Lipinski definition) is 9. The highest BCUT2D eigenvalue weighted by molar-refractivity contribution is 5.96. The van der Waals surface area contributed by atoms with Gasteiger partial charge in [0.25, 0.3) is 5.91 Å². The molecule has 4 aromatic rings. The van der Waals surface area contributed by atoms with Crippen LogP contribution < -0.4 is 20.1 Å². The number of hydrogen-bond donors (Lipinski definition) is 4. The number of Topliss-reactive ketones (excluding diaryl/α,β-unsaturated/α-hetero) is 1. The number of aliphatic carboxylic acids is 1. The van der Waals surface area contributed by atoms with Crippen LogP contribution in [0.4, 0.5) is 0 Å². The van der Waals surface area contributed by atoms with E-state index >= 15 is 0 Å². The Labute approximate surface area is 228 Å². The third-order valence-electron chi connectivity index (χ3n) is 6.02. The largest absolute Gasteiger partial charge is 0.483 e. The van der Waals surface area contributed by atoms with Crippen LogP contribution in [0.5, 0.6) is 11.6 Å². The number of fused-ring (bicyclic) bond motifs is 2. The Bertz CT molecular complexity index is 1530. The van der Waals surface area contributed by atoms with E-state index in [1.54, 1.807) is 19.9 Å². The van der Waals surface area contributed by atoms with Crippen molar-refractivity contribution in [2.24, 2.45) is 5.92 Å². The first-order chi connectivity index (χ1) is 19.2. The first kappa shape index (κ1) is 28.0. The SMILES string of the molecule is CC(C)[C@H](NC(=O)COc1cccc2ccccc12)C(=O)N[C@@H](CC(=O)O)C(=O)COc1ncnc2[nH]ncc12. The Morgan fingerprint density at radius 3 is 2.50 bits per heavy atom. The zero-order valence-electron chi connectivity index (χ0n) is 21.8. The quantitative estimate of drug-likeness (QED) is 0.191. The summed E-state index contributed by atoms with van der Waals surface area (Å²) in [6, 6.07) is 10.6. The molecule has 0 saturated carbocycles. The molecule has 4 rings (SSSR count). The maximum atomic E-state index is 13.1. The molecular weight excluding hydrogens is 520 g/mol. The van der Waals surface area contributed by atoms with Crippen LogP contribution in [-0.2, 0) is 19.2 Å². The molecule has 0 radical (unpaired) electrons. The van der Waals surface area contributed by atoms with Crippen LogP contribution in [0.2, 0.25) is 0 Å². The molecule has 0 fully saturated rings. The Balaban J connectivity index is 1.37. The third-order valence-corrected chi connectivity index (χ3v) is 6.02. The second-order valence-corrected chi connectivity index (χ2v) is 9.28. The lowest BCUT2D eigenvalue weighted by Crippen LogP contribution is -2.55. The van der Waals surface area contributed by atoms with Crippen LogP contribution in [0.15, 0.2) is 55.0 Å². The number of nitrogens with zero attached hydrogens (tertiary/aromatic N) is 3. The summed E-state index contributed by atoms with van der Waals surface area (Å²) in [5, 5.41) is 23.1. The number of carboxylic acids is 1. The van der Waals surface area contributed by atoms with Gasteiger partial charge >= 0.3 is 5.97 Å². The lowest BCUT2D eigenvalue weighted by Gasteiger charge is -2.24. The van der Waals surface area contributed by atoms with Crippen LogP contribution in [0.3, 0.4) is 0 Å². The number of carbonyl (C=O) groups excluding carboxylic acids is 3. The molecule has 40 heavy (non-hydrogen) atoms. The summed E-state index contributed by atoms with van der Waals surface area (Å²) in [4.78, 5) is 58.0. The predicted octanol–water partition coefficient (Wildman–Crippen LogP) is 1.63. The Hall–Kier alpha value is -5.07. The predicted molar refractivity (Wildman–Crippen MR) is 143 cm³/mol. The second-order valence-electron chi connectivity index (χ2n) is 9.28. The lowest BCUT2D eigenvalue weighted by molar-refractivity contribution is -0.141. The molecule has 2 aromatic heterocycles. The topological polar surface area (TPSA) is 185 Å². The lowest BCUT2D eigenvalue weighted by atomic mass is 10.0. The standard InChI is InChI=1S/C27H28N6O7/c1-15(2)24(32-22(35)13-39-21-9-5-7-16-6-3-4-8-17(16)21)26(38)31-19(10-23(36)37)20(34)12-40-27-18-11-30-33-25(18)28-14-29-27/h3-9,11,14-15,19,24H,10,12-13H2,1-2H3,(H,31,38)(H,32,35)(H,36,37)(H,28,29,30,33)/t19-,24-/m0/s1. The molecule has 0 spiro atoms. The molecule has 2 atom stereocenters. The van der Waals surface area contributed by atoms with Gasteiger partial charge in [-0.25, -0.2) is 9.97 Å². The van der Waals surface area contributed by atoms with Gasteiger partial charge in [0.05, 0.1) is 12.6 Å². The molecule has 0 bridgehead atoms. The van der Waals surface area contributed by atoms with Gasteiger partial charge in [0.2, 0.25) is 11.8 Å². The van der Waals surface area contributed by atoms with Gasteiger partial charge in [0, 0.05) is 5.39 Å². The van der Waals surface area contributed by atoms with Crippen LogP contribution in [-0.4, -0.2) is 74.1 Å². The van der Waals surface area contributed by atoms with Gasteiger partial charge in [-0.2, -0.15) is 5.10 Å². The molecule has 0 unspecified atom stereocenters. The average molecular weight is 549 g/mol. The Morgan fingerprint density at radius 1 is 0.950 bits per heavy atom. The van der Waals surface area contributed by atoms with Crippen molar-refractivity contribution in [2.75, 3.05) is 13.2 Å². The Kier molecular flexibility index (Phi) is 8.84. The van der Waals surface area contributed by atoms with Crippen molar-refractivity contribution in [1.82, 2.24) is 30.8 Å². The van der Waals surface area contributed by atoms with Crippen molar-refractivity contribution in [3.05, 3.63) is 55.0 Å². The molecule has 2 amide bonds. The number of aromatic nitrogens is 4. The fourth-order valence-electron chi connectivity index (χ4n) is 3.99. The van der Waals surface area contributed by atoms with E-state index in [1.807, 2.05) is 36.4 Å². The number of rotatable bonds is 13. The maximum absolute atomic E-state index is 13.1. The number of H-pyrrole nitrogens is 1. The van der Waals surface area contributed by atoms with E-state index in [0.717, 1.165) is 10.8 Å². The minimum absolute atomic E-state index is 0.0750. The monoisotopic (exact) mass is 548 g/mol. The van der Waals surface area contributed by atoms with Gasteiger partial charge in [0.15, 0.2) is 24.6 Å². The molecular formula is C27H28N6O7. The number of benzene rings is 2. The minimum atomic E-state index is -1.41. The molecule has 0 aliphatic heterocycles. The first-order valence-electron chi connectivity index (χ1n) is 12.4. The molecule has 208 valence electrons. The smallest absolute Gasteiger partial charge is 0.305 e. The summed E-state index contributed by atoms with van der Waals surface area (Å²) >= 11 is 0. The normalized spacial score (nSPS) is 12.6. The van der Waals surface area contributed by atoms with E-state index in [0.29, 0.717) is 16.8 Å². The van der Waals surface area contributed by atoms with Crippen molar-refractivity contribution in [3.8, 4) is 11.6 Å². The molecule has 2 heterocycles. The summed E-state index contributed by atoms with van der Waals surface area (Å²) < 4.78 is 11.2. The van der Waals surface area contributed by atoms with Gasteiger partial charge in [-0.3, -0.25) is 24.3 Å². The summed E-state index contributed by atoms with van der Waals surface area (Å²) in [6.07, 6.45) is 1.96. The van der Waals surface area contributed by atoms with E-state index in [4.69, 9.17) is 9.47 Å². The number of amides is 2. The van der Waals surface area contributed by atoms with Gasteiger partial charge in [-0.1, -0.05) is 50.2 Å². The van der Waals surface area contributed by atoms with Crippen LogP contribution in [0.25, 0.3) is 21.8 Å². The minimum Gasteiger partial charge on any atom is -0.483 e. The summed E-state index contributed by atoms with van der Waals surface area (Å²) in [5.74, 6) is -3.06. The van der Waals surface area contributed by atoms with Crippen molar-refractivity contribution in [1.29, 1.82) is 0 Å². The molecule has 0 aliphatic carbocycles. The third kappa shape index (κ3) is 6.87. The maximum Gasteiger partial charge on any atom is 0.305 e. The first-order valence-corrected chi connectivity index (χ1v) is 12.4. The van der Waals surface area contributed by atoms with Crippen LogP contribution in [0, 0.1) is 5.92 Å². The molecule has 4 N–H and O–H groups in total. The van der Waals surface area contributed by atoms with Crippen molar-refractivity contribution in [2.45, 2.75) is 32.4 Å². The number of nitrogens with one attached hydrogen (secondary N) is 3. The summed E-state index contributed by atoms with van der Waals surface area (Å²) in [5.41, 5.74) is 0.396. The zero-order chi connectivity index (χ0) is 28.6. The van der Waals surface area contributed by atoms with Gasteiger partial charge in [0.1, 0.15) is 29.5 Å². The Morgan fingerprint density at radius 2 is 1.73 bits per heavy atom. The van der Waals surface area contributed by atoms with Crippen LogP contribution >= 0.6 is 0 Å². The zero-order valence-corrected chi connectivity index (χ0v) is 21.8. The number of ether oxygens (including phenoxy) is 2. The highest BCUT2D eigenvalue weighted by atomic mass is 16.5. The number of aromatic amines is 1. The molecule has 13 nitrogen and oxygen atoms in total. The molecule has 2 aromatic carbocycles. The highest BCUT2D eigenvalue weighted by Gasteiger charge is 2.30. The number of carboxylic acid groups (broad SMARTS) is 1. The van der Waals surface area contributed by atoms with Crippen molar-refractivity contribution >= 4 is 45.4 Å². The number of carbonyl (C=O) groups is 4. The molecule has 0 aliphatic rings. The number of ketones is 1. The van der Waals surface area contributed by atoms with Crippen molar-refractivity contribution < 1.29 is 33.8 Å². The van der Waals surface area contributed by atoms with E-state index in [2.05, 4.69) is 30.8 Å². The van der Waals surface area contributed by atoms with E-state index in [1.165, 1.54) is 12.5 Å². The highest BCUT2D eigenvalue weighted by Crippen LogP contribution is 2.25. The summed E-state index contributed by atoms with van der Waals surface area (Å²) in [6.45, 7) is 2.50. The molecule has 0 saturated heterocycles. The average Bonchev–Trinajstić information content (AvgIpc) is 3.42.